The smallest absolute Gasteiger partial charge is 0.187 e. The van der Waals surface area contributed by atoms with E-state index in [-0.39, 0.29) is 0 Å². The van der Waals surface area contributed by atoms with Crippen LogP contribution in [0.1, 0.15) is 0 Å². The van der Waals surface area contributed by atoms with Crippen molar-refractivity contribution < 1.29 is 0 Å². The summed E-state index contributed by atoms with van der Waals surface area (Å²) in [6, 6.07) is 11.4. The van der Waals surface area contributed by atoms with Crippen molar-refractivity contribution in [2.45, 2.75) is 5.16 Å². The quantitative estimate of drug-likeness (QED) is 0.674. The van der Waals surface area contributed by atoms with Crippen molar-refractivity contribution in [1.29, 1.82) is 0 Å². The van der Waals surface area contributed by atoms with Crippen LogP contribution in [-0.2, 0) is 0 Å². The number of thioether (sulfide) groups is 1. The van der Waals surface area contributed by atoms with Crippen molar-refractivity contribution in [2.24, 2.45) is 0 Å². The monoisotopic (exact) mass is 276 g/mol. The van der Waals surface area contributed by atoms with Gasteiger partial charge in [0.05, 0.1) is 5.69 Å². The molecule has 3 rings (SSSR count). The van der Waals surface area contributed by atoms with Crippen LogP contribution in [0.15, 0.2) is 41.6 Å². The molecule has 0 aliphatic carbocycles. The van der Waals surface area contributed by atoms with Gasteiger partial charge in [0, 0.05) is 10.6 Å². The topological polar surface area (TPSA) is 43.1 Å². The zero-order valence-electron chi connectivity index (χ0n) is 9.54. The summed E-state index contributed by atoms with van der Waals surface area (Å²) in [5.74, 6) is 0. The van der Waals surface area contributed by atoms with Crippen LogP contribution >= 0.6 is 23.4 Å². The summed E-state index contributed by atoms with van der Waals surface area (Å²) >= 11 is 7.39. The maximum absolute atomic E-state index is 5.88. The lowest BCUT2D eigenvalue weighted by Crippen LogP contribution is -1.95. The van der Waals surface area contributed by atoms with Crippen LogP contribution in [0.25, 0.3) is 16.9 Å². The Morgan fingerprint density at radius 3 is 2.56 bits per heavy atom. The molecular formula is C12H9ClN4S. The van der Waals surface area contributed by atoms with Gasteiger partial charge in [0.25, 0.3) is 0 Å². The molecule has 0 N–H and O–H groups in total. The lowest BCUT2D eigenvalue weighted by atomic mass is 10.1. The molecule has 0 fully saturated rings. The molecule has 90 valence electrons. The molecular weight excluding hydrogens is 268 g/mol. The van der Waals surface area contributed by atoms with Crippen molar-refractivity contribution in [2.75, 3.05) is 6.26 Å². The average Bonchev–Trinajstić information content (AvgIpc) is 2.81. The third kappa shape index (κ3) is 1.95. The Labute approximate surface area is 113 Å². The molecule has 6 heteroatoms. The van der Waals surface area contributed by atoms with Crippen LogP contribution in [0.4, 0.5) is 0 Å². The van der Waals surface area contributed by atoms with E-state index in [1.807, 2.05) is 42.7 Å². The molecule has 1 aromatic carbocycles. The number of benzene rings is 1. The molecule has 0 unspecified atom stereocenters. The van der Waals surface area contributed by atoms with E-state index in [1.54, 1.807) is 4.52 Å². The summed E-state index contributed by atoms with van der Waals surface area (Å²) in [6.07, 6.45) is 1.95. The standard InChI is InChI=1S/C12H9ClN4S/c1-18-12-15-14-11-7-6-10(16-17(11)12)8-2-4-9(13)5-3-8/h2-7H,1H3. The van der Waals surface area contributed by atoms with Gasteiger partial charge < -0.3 is 0 Å². The molecule has 0 saturated heterocycles. The molecule has 0 bridgehead atoms. The molecule has 3 aromatic rings. The molecule has 0 aliphatic rings. The Hall–Kier alpha value is -1.59. The zero-order valence-corrected chi connectivity index (χ0v) is 11.1. The Morgan fingerprint density at radius 1 is 1.06 bits per heavy atom. The first-order chi connectivity index (χ1) is 8.78. The maximum atomic E-state index is 5.88. The van der Waals surface area contributed by atoms with Crippen LogP contribution in [-0.4, -0.2) is 26.1 Å². The number of nitrogens with zero attached hydrogens (tertiary/aromatic N) is 4. The van der Waals surface area contributed by atoms with E-state index < -0.39 is 0 Å². The Bertz CT molecular complexity index is 693. The zero-order chi connectivity index (χ0) is 12.5. The summed E-state index contributed by atoms with van der Waals surface area (Å²) in [5.41, 5.74) is 2.63. The van der Waals surface area contributed by atoms with Gasteiger partial charge >= 0.3 is 0 Å². The lowest BCUT2D eigenvalue weighted by Gasteiger charge is -2.02. The van der Waals surface area contributed by atoms with Crippen molar-refractivity contribution >= 4 is 29.0 Å². The normalized spacial score (nSPS) is 11.0. The predicted molar refractivity (Wildman–Crippen MR) is 73.0 cm³/mol. The average molecular weight is 277 g/mol. The van der Waals surface area contributed by atoms with E-state index in [1.165, 1.54) is 11.8 Å². The summed E-state index contributed by atoms with van der Waals surface area (Å²) in [6.45, 7) is 0. The molecule has 0 amide bonds. The fraction of sp³-hybridized carbons (Fsp3) is 0.0833. The van der Waals surface area contributed by atoms with E-state index in [4.69, 9.17) is 11.6 Å². The maximum Gasteiger partial charge on any atom is 0.212 e. The van der Waals surface area contributed by atoms with Crippen LogP contribution in [0.5, 0.6) is 0 Å². The van der Waals surface area contributed by atoms with Gasteiger partial charge in [-0.15, -0.1) is 10.2 Å². The highest BCUT2D eigenvalue weighted by Crippen LogP contribution is 2.21. The van der Waals surface area contributed by atoms with Gasteiger partial charge in [-0.2, -0.15) is 9.61 Å². The number of fused-ring (bicyclic) bond motifs is 1. The van der Waals surface area contributed by atoms with Crippen molar-refractivity contribution in [3.05, 3.63) is 41.4 Å². The fourth-order valence-corrected chi connectivity index (χ4v) is 2.23. The SMILES string of the molecule is CSc1nnc2ccc(-c3ccc(Cl)cc3)nn12. The van der Waals surface area contributed by atoms with E-state index in [9.17, 15) is 0 Å². The minimum atomic E-state index is 0.717. The Balaban J connectivity index is 2.14. The molecule has 4 nitrogen and oxygen atoms in total. The molecule has 0 atom stereocenters. The third-order valence-corrected chi connectivity index (χ3v) is 3.43. The second-order valence-corrected chi connectivity index (χ2v) is 4.89. The van der Waals surface area contributed by atoms with E-state index >= 15 is 0 Å². The Kier molecular flexibility index (Phi) is 2.93. The lowest BCUT2D eigenvalue weighted by molar-refractivity contribution is 0.814. The number of hydrogen-bond acceptors (Lipinski definition) is 4. The van der Waals surface area contributed by atoms with Crippen molar-refractivity contribution in [1.82, 2.24) is 19.8 Å². The number of aromatic nitrogens is 4. The van der Waals surface area contributed by atoms with Gasteiger partial charge in [0.15, 0.2) is 5.65 Å². The molecule has 2 aromatic heterocycles. The Morgan fingerprint density at radius 2 is 1.83 bits per heavy atom. The highest BCUT2D eigenvalue weighted by molar-refractivity contribution is 7.98. The molecule has 18 heavy (non-hydrogen) atoms. The summed E-state index contributed by atoms with van der Waals surface area (Å²) in [7, 11) is 0. The number of rotatable bonds is 2. The van der Waals surface area contributed by atoms with Gasteiger partial charge in [0.2, 0.25) is 5.16 Å². The van der Waals surface area contributed by atoms with Crippen molar-refractivity contribution in [3.63, 3.8) is 0 Å². The summed E-state index contributed by atoms with van der Waals surface area (Å²) in [5, 5.41) is 14.1. The summed E-state index contributed by atoms with van der Waals surface area (Å²) in [4.78, 5) is 0. The van der Waals surface area contributed by atoms with Gasteiger partial charge in [-0.25, -0.2) is 0 Å². The number of halogens is 1. The molecule has 0 saturated carbocycles. The number of hydrogen-bond donors (Lipinski definition) is 0. The highest BCUT2D eigenvalue weighted by Gasteiger charge is 2.07. The predicted octanol–water partition coefficient (Wildman–Crippen LogP) is 3.17. The van der Waals surface area contributed by atoms with E-state index in [0.29, 0.717) is 5.02 Å². The van der Waals surface area contributed by atoms with Gasteiger partial charge in [-0.3, -0.25) is 0 Å². The van der Waals surface area contributed by atoms with Gasteiger partial charge in [-0.1, -0.05) is 35.5 Å². The van der Waals surface area contributed by atoms with Crippen LogP contribution in [0.3, 0.4) is 0 Å². The second-order valence-electron chi connectivity index (χ2n) is 3.68. The van der Waals surface area contributed by atoms with Crippen LogP contribution in [0, 0.1) is 0 Å². The fourth-order valence-electron chi connectivity index (χ4n) is 1.67. The second kappa shape index (κ2) is 4.59. The summed E-state index contributed by atoms with van der Waals surface area (Å²) < 4.78 is 1.74. The first-order valence-electron chi connectivity index (χ1n) is 5.30. The van der Waals surface area contributed by atoms with Gasteiger partial charge in [-0.05, 0) is 30.5 Å². The molecule has 2 heterocycles. The molecule has 0 spiro atoms. The molecule has 0 aliphatic heterocycles. The third-order valence-electron chi connectivity index (χ3n) is 2.56. The van der Waals surface area contributed by atoms with E-state index in [0.717, 1.165) is 22.1 Å². The molecule has 0 radical (unpaired) electrons. The van der Waals surface area contributed by atoms with Crippen LogP contribution < -0.4 is 0 Å². The largest absolute Gasteiger partial charge is 0.212 e. The first kappa shape index (κ1) is 11.5. The van der Waals surface area contributed by atoms with Crippen LogP contribution in [0.2, 0.25) is 5.02 Å². The minimum Gasteiger partial charge on any atom is -0.187 e. The van der Waals surface area contributed by atoms with Crippen molar-refractivity contribution in [3.8, 4) is 11.3 Å². The minimum absolute atomic E-state index is 0.717. The van der Waals surface area contributed by atoms with E-state index in [2.05, 4.69) is 15.3 Å². The first-order valence-corrected chi connectivity index (χ1v) is 6.90. The highest BCUT2D eigenvalue weighted by atomic mass is 35.5. The van der Waals surface area contributed by atoms with Gasteiger partial charge in [0.1, 0.15) is 0 Å².